The third kappa shape index (κ3) is 6.73. The molecular weight excluding hydrogens is 528 g/mol. The van der Waals surface area contributed by atoms with Crippen LogP contribution in [0.4, 0.5) is 5.69 Å². The van der Waals surface area contributed by atoms with E-state index in [1.165, 1.54) is 4.90 Å². The van der Waals surface area contributed by atoms with Gasteiger partial charge in [-0.3, -0.25) is 30.3 Å². The van der Waals surface area contributed by atoms with Crippen molar-refractivity contribution in [2.45, 2.75) is 26.3 Å². The molecule has 3 aromatic carbocycles. The zero-order valence-corrected chi connectivity index (χ0v) is 23.1. The number of fused-ring (bicyclic) bond motifs is 1. The number of amides is 2. The third-order valence-corrected chi connectivity index (χ3v) is 6.46. The molecule has 0 bridgehead atoms. The van der Waals surface area contributed by atoms with Crippen LogP contribution >= 0.6 is 11.6 Å². The van der Waals surface area contributed by atoms with Gasteiger partial charge in [-0.2, -0.15) is 0 Å². The summed E-state index contributed by atoms with van der Waals surface area (Å²) in [6, 6.07) is 20.6. The Morgan fingerprint density at radius 2 is 1.77 bits per heavy atom. The fourth-order valence-electron chi connectivity index (χ4n) is 4.37. The maximum Gasteiger partial charge on any atom is 0.251 e. The normalized spacial score (nSPS) is 14.5. The van der Waals surface area contributed by atoms with E-state index in [4.69, 9.17) is 32.1 Å². The highest BCUT2D eigenvalue weighted by Gasteiger charge is 2.32. The lowest BCUT2D eigenvalue weighted by Gasteiger charge is -2.26. The van der Waals surface area contributed by atoms with Crippen LogP contribution in [0.1, 0.15) is 41.8 Å². The van der Waals surface area contributed by atoms with Crippen LogP contribution in [-0.4, -0.2) is 54.9 Å². The quantitative estimate of drug-likeness (QED) is 0.173. The Balaban J connectivity index is 1.65. The molecule has 1 aliphatic heterocycles. The van der Waals surface area contributed by atoms with Gasteiger partial charge in [-0.1, -0.05) is 41.9 Å². The number of hydrogen-bond acceptors (Lipinski definition) is 6. The number of halogens is 1. The second kappa shape index (κ2) is 13.0. The number of nitrogens with one attached hydrogen (secondary N) is 4. The van der Waals surface area contributed by atoms with Crippen LogP contribution in [0, 0.1) is 10.8 Å². The van der Waals surface area contributed by atoms with E-state index in [1.54, 1.807) is 61.5 Å². The van der Waals surface area contributed by atoms with Gasteiger partial charge in [0.15, 0.2) is 0 Å². The number of anilines is 1. The van der Waals surface area contributed by atoms with Crippen LogP contribution in [0.3, 0.4) is 0 Å². The first kappa shape index (κ1) is 28.5. The van der Waals surface area contributed by atoms with Gasteiger partial charge in [0.2, 0.25) is 5.91 Å². The molecule has 1 heterocycles. The van der Waals surface area contributed by atoms with E-state index in [2.05, 4.69) is 10.6 Å². The van der Waals surface area contributed by atoms with Crippen LogP contribution in [0.2, 0.25) is 5.02 Å². The lowest BCUT2D eigenvalue weighted by atomic mass is 9.99. The summed E-state index contributed by atoms with van der Waals surface area (Å²) in [5, 5.41) is 23.5. The molecule has 1 aliphatic rings. The Labute approximate surface area is 238 Å². The molecule has 40 heavy (non-hydrogen) atoms. The van der Waals surface area contributed by atoms with Crippen molar-refractivity contribution in [3.63, 3.8) is 0 Å². The van der Waals surface area contributed by atoms with Crippen molar-refractivity contribution in [2.75, 3.05) is 24.6 Å². The van der Waals surface area contributed by atoms with Crippen LogP contribution < -0.4 is 20.3 Å². The maximum atomic E-state index is 12.5. The zero-order chi connectivity index (χ0) is 28.6. The van der Waals surface area contributed by atoms with Crippen molar-refractivity contribution in [1.82, 2.24) is 10.6 Å². The molecule has 0 aromatic heterocycles. The predicted octanol–water partition coefficient (Wildman–Crippen LogP) is 4.68. The second-order valence-electron chi connectivity index (χ2n) is 9.11. The van der Waals surface area contributed by atoms with Gasteiger partial charge < -0.3 is 15.4 Å². The molecule has 0 aliphatic carbocycles. The van der Waals surface area contributed by atoms with E-state index in [9.17, 15) is 9.59 Å². The molecule has 9 nitrogen and oxygen atoms in total. The van der Waals surface area contributed by atoms with E-state index in [-0.39, 0.29) is 36.5 Å². The van der Waals surface area contributed by atoms with Crippen LogP contribution in [-0.2, 0) is 4.79 Å². The highest BCUT2D eigenvalue weighted by molar-refractivity contribution is 6.31. The van der Waals surface area contributed by atoms with Gasteiger partial charge in [0.1, 0.15) is 30.1 Å². The number of aliphatic imine (C=N–C) groups is 1. The summed E-state index contributed by atoms with van der Waals surface area (Å²) in [5.74, 6) is 0.271. The molecule has 0 spiro atoms. The smallest absolute Gasteiger partial charge is 0.251 e. The van der Waals surface area contributed by atoms with Gasteiger partial charge in [-0.05, 0) is 56.3 Å². The molecule has 2 amide bonds. The number of benzene rings is 3. The Morgan fingerprint density at radius 1 is 1.05 bits per heavy atom. The van der Waals surface area contributed by atoms with Gasteiger partial charge in [0.25, 0.3) is 5.91 Å². The van der Waals surface area contributed by atoms with Gasteiger partial charge in [-0.15, -0.1) is 0 Å². The van der Waals surface area contributed by atoms with E-state index in [1.807, 2.05) is 25.1 Å². The first-order valence-electron chi connectivity index (χ1n) is 12.9. The fourth-order valence-corrected chi connectivity index (χ4v) is 4.49. The molecule has 206 valence electrons. The fraction of sp³-hybridized carbons (Fsp3) is 0.233. The number of amidine groups is 2. The number of hydrogen-bond donors (Lipinski definition) is 4. The monoisotopic (exact) mass is 558 g/mol. The summed E-state index contributed by atoms with van der Waals surface area (Å²) < 4.78 is 5.97. The molecule has 0 radical (unpaired) electrons. The Hall–Kier alpha value is -4.50. The lowest BCUT2D eigenvalue weighted by molar-refractivity contribution is -0.121. The summed E-state index contributed by atoms with van der Waals surface area (Å²) in [7, 11) is 0. The standard InChI is InChI=1S/C30H31ClN6O3/c1-3-34-27(38)18-25-29(33)37(19(2)32)26-14-13-23(40-16-15-35-30(39)21-7-5-4-6-8-21)17-24(26)28(36-25)20-9-11-22(31)12-10-20/h4-14,17,25,32-33H,3,15-16,18H2,1-2H3,(H,34,38)(H,35,39)/t25-/m0/s1. The molecule has 0 saturated heterocycles. The van der Waals surface area contributed by atoms with Gasteiger partial charge in [0.05, 0.1) is 24.4 Å². The highest BCUT2D eigenvalue weighted by Crippen LogP contribution is 2.33. The summed E-state index contributed by atoms with van der Waals surface area (Å²) in [5.41, 5.74) is 3.09. The molecule has 0 unspecified atom stereocenters. The minimum absolute atomic E-state index is 0.0289. The molecular formula is C30H31ClN6O3. The molecule has 0 fully saturated rings. The third-order valence-electron chi connectivity index (χ3n) is 6.20. The average Bonchev–Trinajstić information content (AvgIpc) is 3.06. The first-order chi connectivity index (χ1) is 19.3. The second-order valence-corrected chi connectivity index (χ2v) is 9.55. The molecule has 4 rings (SSSR count). The molecule has 0 saturated carbocycles. The first-order valence-corrected chi connectivity index (χ1v) is 13.3. The van der Waals surface area contributed by atoms with Crippen molar-refractivity contribution >= 4 is 46.5 Å². The Morgan fingerprint density at radius 3 is 2.45 bits per heavy atom. The van der Waals surface area contributed by atoms with E-state index in [0.29, 0.717) is 46.4 Å². The van der Waals surface area contributed by atoms with Gasteiger partial charge >= 0.3 is 0 Å². The number of rotatable bonds is 9. The van der Waals surface area contributed by atoms with Crippen LogP contribution in [0.15, 0.2) is 77.8 Å². The van der Waals surface area contributed by atoms with E-state index >= 15 is 0 Å². The SMILES string of the molecule is CCNC(=O)C[C@@H]1N=C(c2ccc(Cl)cc2)c2cc(OCCNC(=O)c3ccccc3)ccc2N(C(C)=N)C1=N. The lowest BCUT2D eigenvalue weighted by Crippen LogP contribution is -2.42. The number of benzodiazepines with no additional fused rings is 1. The summed E-state index contributed by atoms with van der Waals surface area (Å²) >= 11 is 6.15. The van der Waals surface area contributed by atoms with Crippen molar-refractivity contribution < 1.29 is 14.3 Å². The topological polar surface area (TPSA) is 131 Å². The van der Waals surface area contributed by atoms with Crippen LogP contribution in [0.5, 0.6) is 5.75 Å². The number of carbonyl (C=O) groups excluding carboxylic acids is 2. The average molecular weight is 559 g/mol. The van der Waals surface area contributed by atoms with Gasteiger partial charge in [0, 0.05) is 28.3 Å². The largest absolute Gasteiger partial charge is 0.492 e. The van der Waals surface area contributed by atoms with Crippen molar-refractivity contribution in [3.8, 4) is 5.75 Å². The summed E-state index contributed by atoms with van der Waals surface area (Å²) in [6.45, 7) is 4.42. The Bertz CT molecular complexity index is 1440. The molecule has 1 atom stereocenters. The Kier molecular flexibility index (Phi) is 9.29. The van der Waals surface area contributed by atoms with Crippen LogP contribution in [0.25, 0.3) is 0 Å². The minimum Gasteiger partial charge on any atom is -0.492 e. The zero-order valence-electron chi connectivity index (χ0n) is 22.3. The highest BCUT2D eigenvalue weighted by atomic mass is 35.5. The summed E-state index contributed by atoms with van der Waals surface area (Å²) in [6.07, 6.45) is -0.0357. The predicted molar refractivity (Wildman–Crippen MR) is 158 cm³/mol. The van der Waals surface area contributed by atoms with E-state index in [0.717, 1.165) is 5.56 Å². The van der Waals surface area contributed by atoms with Gasteiger partial charge in [-0.25, -0.2) is 0 Å². The molecule has 10 heteroatoms. The number of nitrogens with zero attached hydrogens (tertiary/aromatic N) is 2. The molecule has 3 aromatic rings. The summed E-state index contributed by atoms with van der Waals surface area (Å²) in [4.78, 5) is 31.2. The molecule has 4 N–H and O–H groups in total. The maximum absolute atomic E-state index is 12.5. The van der Waals surface area contributed by atoms with E-state index < -0.39 is 6.04 Å². The van der Waals surface area contributed by atoms with Crippen molar-refractivity contribution in [1.29, 1.82) is 10.8 Å². The van der Waals surface area contributed by atoms with Crippen molar-refractivity contribution in [3.05, 3.63) is 94.5 Å². The number of ether oxygens (including phenoxy) is 1. The van der Waals surface area contributed by atoms with Crippen molar-refractivity contribution in [2.24, 2.45) is 4.99 Å². The number of carbonyl (C=O) groups is 2. The minimum atomic E-state index is -0.817.